The van der Waals surface area contributed by atoms with Crippen molar-refractivity contribution in [1.82, 2.24) is 14.8 Å². The van der Waals surface area contributed by atoms with E-state index < -0.39 is 6.09 Å². The van der Waals surface area contributed by atoms with Gasteiger partial charge in [-0.05, 0) is 47.9 Å². The van der Waals surface area contributed by atoms with Crippen molar-refractivity contribution in [1.29, 1.82) is 0 Å². The van der Waals surface area contributed by atoms with Gasteiger partial charge in [0.1, 0.15) is 0 Å². The van der Waals surface area contributed by atoms with Crippen LogP contribution in [0.5, 0.6) is 0 Å². The van der Waals surface area contributed by atoms with Gasteiger partial charge in [0.15, 0.2) is 0 Å². The second-order valence-electron chi connectivity index (χ2n) is 7.33. The van der Waals surface area contributed by atoms with Gasteiger partial charge in [0.05, 0.1) is 0 Å². The molecule has 156 valence electrons. The summed E-state index contributed by atoms with van der Waals surface area (Å²) in [5, 5.41) is 11.4. The molecule has 0 atom stereocenters. The Morgan fingerprint density at radius 3 is 2.23 bits per heavy atom. The molecule has 3 aromatic rings. The van der Waals surface area contributed by atoms with E-state index in [0.29, 0.717) is 49.1 Å². The number of hydrogen-bond acceptors (Lipinski definition) is 2. The first-order valence-corrected chi connectivity index (χ1v) is 10.5. The summed E-state index contributed by atoms with van der Waals surface area (Å²) in [5.41, 5.74) is 3.94. The van der Waals surface area contributed by atoms with Crippen LogP contribution < -0.4 is 0 Å². The van der Waals surface area contributed by atoms with Crippen molar-refractivity contribution < 1.29 is 14.7 Å². The van der Waals surface area contributed by atoms with Gasteiger partial charge < -0.3 is 19.9 Å². The number of carbonyl (C=O) groups excluding carboxylic acids is 1. The molecule has 1 aromatic heterocycles. The minimum atomic E-state index is -0.939. The number of aromatic amines is 1. The third-order valence-corrected chi connectivity index (χ3v) is 5.98. The maximum atomic E-state index is 12.8. The number of aromatic nitrogens is 1. The molecule has 1 fully saturated rings. The second-order valence-corrected chi connectivity index (χ2v) is 8.20. The molecular formula is C22H21Cl2N3O3. The molecule has 1 aliphatic heterocycles. The minimum Gasteiger partial charge on any atom is -0.465 e. The van der Waals surface area contributed by atoms with Crippen LogP contribution in [0.3, 0.4) is 0 Å². The molecule has 0 unspecified atom stereocenters. The Kier molecular flexibility index (Phi) is 5.88. The number of amides is 2. The fraction of sp³-hybridized carbons (Fsp3) is 0.273. The zero-order valence-corrected chi connectivity index (χ0v) is 17.7. The fourth-order valence-corrected chi connectivity index (χ4v) is 4.18. The van der Waals surface area contributed by atoms with Gasteiger partial charge in [-0.25, -0.2) is 4.79 Å². The number of rotatable bonds is 4. The lowest BCUT2D eigenvalue weighted by Gasteiger charge is -2.33. The lowest BCUT2D eigenvalue weighted by molar-refractivity contribution is -0.132. The first kappa shape index (κ1) is 20.6. The van der Waals surface area contributed by atoms with Crippen molar-refractivity contribution in [2.24, 2.45) is 0 Å². The summed E-state index contributed by atoms with van der Waals surface area (Å²) in [4.78, 5) is 30.4. The molecule has 30 heavy (non-hydrogen) atoms. The summed E-state index contributed by atoms with van der Waals surface area (Å²) in [6.45, 7) is 1.54. The standard InChI is InChI=1S/C22H21Cl2N3O3/c23-15-3-1-14(2-4-15)21-17(18-13-16(24)5-7-19(18)25-21)6-8-20(28)26-9-11-27(12-10-26)22(29)30/h1-5,7,13,25H,6,8-12H2,(H,29,30). The van der Waals surface area contributed by atoms with E-state index in [1.807, 2.05) is 42.5 Å². The average molecular weight is 446 g/mol. The van der Waals surface area contributed by atoms with Gasteiger partial charge >= 0.3 is 6.09 Å². The van der Waals surface area contributed by atoms with Crippen LogP contribution in [0.15, 0.2) is 42.5 Å². The zero-order chi connectivity index (χ0) is 21.3. The number of H-pyrrole nitrogens is 1. The summed E-state index contributed by atoms with van der Waals surface area (Å²) in [7, 11) is 0. The summed E-state index contributed by atoms with van der Waals surface area (Å²) in [6, 6.07) is 13.3. The summed E-state index contributed by atoms with van der Waals surface area (Å²) in [5.74, 6) is 0.0264. The fourth-order valence-electron chi connectivity index (χ4n) is 3.88. The first-order chi connectivity index (χ1) is 14.4. The molecule has 1 saturated heterocycles. The number of aryl methyl sites for hydroxylation is 1. The van der Waals surface area contributed by atoms with Crippen molar-refractivity contribution >= 4 is 46.1 Å². The number of fused-ring (bicyclic) bond motifs is 1. The van der Waals surface area contributed by atoms with Crippen LogP contribution in [0.1, 0.15) is 12.0 Å². The van der Waals surface area contributed by atoms with Crippen molar-refractivity contribution in [2.75, 3.05) is 26.2 Å². The van der Waals surface area contributed by atoms with Crippen LogP contribution in [0, 0.1) is 0 Å². The lowest BCUT2D eigenvalue weighted by atomic mass is 10.0. The van der Waals surface area contributed by atoms with E-state index in [4.69, 9.17) is 28.3 Å². The Balaban J connectivity index is 1.56. The van der Waals surface area contributed by atoms with E-state index in [9.17, 15) is 9.59 Å². The van der Waals surface area contributed by atoms with Gasteiger partial charge in [0.25, 0.3) is 0 Å². The summed E-state index contributed by atoms with van der Waals surface area (Å²) in [6.07, 6.45) is -0.0472. The largest absolute Gasteiger partial charge is 0.465 e. The second kappa shape index (κ2) is 8.58. The Morgan fingerprint density at radius 2 is 1.57 bits per heavy atom. The molecule has 2 heterocycles. The highest BCUT2D eigenvalue weighted by Gasteiger charge is 2.24. The van der Waals surface area contributed by atoms with Crippen LogP contribution in [-0.2, 0) is 11.2 Å². The molecule has 0 spiro atoms. The number of hydrogen-bond donors (Lipinski definition) is 2. The Labute approximate surface area is 184 Å². The van der Waals surface area contributed by atoms with E-state index in [0.717, 1.165) is 27.7 Å². The molecular weight excluding hydrogens is 425 g/mol. The van der Waals surface area contributed by atoms with Crippen LogP contribution in [-0.4, -0.2) is 58.1 Å². The topological polar surface area (TPSA) is 76.6 Å². The predicted molar refractivity (Wildman–Crippen MR) is 118 cm³/mol. The van der Waals surface area contributed by atoms with Crippen molar-refractivity contribution in [3.8, 4) is 11.3 Å². The highest BCUT2D eigenvalue weighted by atomic mass is 35.5. The maximum absolute atomic E-state index is 12.8. The number of piperazine rings is 1. The number of carbonyl (C=O) groups is 2. The van der Waals surface area contributed by atoms with Crippen LogP contribution >= 0.6 is 23.2 Å². The summed E-state index contributed by atoms with van der Waals surface area (Å²) < 4.78 is 0. The quantitative estimate of drug-likeness (QED) is 0.599. The first-order valence-electron chi connectivity index (χ1n) is 9.74. The summed E-state index contributed by atoms with van der Waals surface area (Å²) >= 11 is 12.3. The van der Waals surface area contributed by atoms with Gasteiger partial charge in [0.2, 0.25) is 5.91 Å². The normalized spacial score (nSPS) is 14.3. The molecule has 1 aliphatic rings. The highest BCUT2D eigenvalue weighted by Crippen LogP contribution is 2.33. The Morgan fingerprint density at radius 1 is 0.933 bits per heavy atom. The molecule has 2 amide bonds. The number of nitrogens with zero attached hydrogens (tertiary/aromatic N) is 2. The van der Waals surface area contributed by atoms with Gasteiger partial charge in [-0.2, -0.15) is 0 Å². The molecule has 2 N–H and O–H groups in total. The van der Waals surface area contributed by atoms with E-state index in [2.05, 4.69) is 4.98 Å². The van der Waals surface area contributed by atoms with E-state index in [-0.39, 0.29) is 5.91 Å². The molecule has 4 rings (SSSR count). The SMILES string of the molecule is O=C(O)N1CCN(C(=O)CCc2c(-c3ccc(Cl)cc3)[nH]c3ccc(Cl)cc23)CC1. The number of carboxylic acid groups (broad SMARTS) is 1. The van der Waals surface area contributed by atoms with Gasteiger partial charge in [-0.3, -0.25) is 4.79 Å². The molecule has 6 nitrogen and oxygen atoms in total. The van der Waals surface area contributed by atoms with E-state index >= 15 is 0 Å². The van der Waals surface area contributed by atoms with Crippen LogP contribution in [0.2, 0.25) is 10.0 Å². The lowest BCUT2D eigenvalue weighted by Crippen LogP contribution is -2.50. The molecule has 0 bridgehead atoms. The van der Waals surface area contributed by atoms with Gasteiger partial charge in [-0.1, -0.05) is 35.3 Å². The molecule has 8 heteroatoms. The molecule has 0 radical (unpaired) electrons. The molecule has 2 aromatic carbocycles. The Bertz CT molecular complexity index is 1090. The van der Waals surface area contributed by atoms with Crippen molar-refractivity contribution in [3.05, 3.63) is 58.1 Å². The van der Waals surface area contributed by atoms with E-state index in [1.54, 1.807) is 4.90 Å². The average Bonchev–Trinajstić information content (AvgIpc) is 3.10. The monoisotopic (exact) mass is 445 g/mol. The smallest absolute Gasteiger partial charge is 0.407 e. The third kappa shape index (κ3) is 4.25. The van der Waals surface area contributed by atoms with Gasteiger partial charge in [0, 0.05) is 59.2 Å². The Hall–Kier alpha value is -2.70. The maximum Gasteiger partial charge on any atom is 0.407 e. The van der Waals surface area contributed by atoms with Crippen LogP contribution in [0.4, 0.5) is 4.79 Å². The third-order valence-electron chi connectivity index (χ3n) is 5.49. The molecule has 0 aliphatic carbocycles. The predicted octanol–water partition coefficient (Wildman–Crippen LogP) is 4.90. The van der Waals surface area contributed by atoms with E-state index in [1.165, 1.54) is 4.90 Å². The number of nitrogens with one attached hydrogen (secondary N) is 1. The van der Waals surface area contributed by atoms with Crippen molar-refractivity contribution in [2.45, 2.75) is 12.8 Å². The number of halogens is 2. The van der Waals surface area contributed by atoms with Gasteiger partial charge in [-0.15, -0.1) is 0 Å². The highest BCUT2D eigenvalue weighted by molar-refractivity contribution is 6.31. The van der Waals surface area contributed by atoms with Crippen LogP contribution in [0.25, 0.3) is 22.2 Å². The minimum absolute atomic E-state index is 0.0264. The molecule has 0 saturated carbocycles. The van der Waals surface area contributed by atoms with Crippen molar-refractivity contribution in [3.63, 3.8) is 0 Å². The number of benzene rings is 2. The zero-order valence-electron chi connectivity index (χ0n) is 16.2.